The summed E-state index contributed by atoms with van der Waals surface area (Å²) in [5, 5.41) is 5.48. The molecule has 1 aliphatic heterocycles. The maximum absolute atomic E-state index is 13.9. The molecule has 5 nitrogen and oxygen atoms in total. The van der Waals surface area contributed by atoms with Crippen LogP contribution in [-0.2, 0) is 4.79 Å². The van der Waals surface area contributed by atoms with E-state index in [1.54, 1.807) is 13.8 Å². The summed E-state index contributed by atoms with van der Waals surface area (Å²) in [6, 6.07) is 2.38. The van der Waals surface area contributed by atoms with E-state index in [1.807, 2.05) is 0 Å². The fraction of sp³-hybridized carbons (Fsp3) is 0.545. The van der Waals surface area contributed by atoms with Crippen molar-refractivity contribution in [3.63, 3.8) is 0 Å². The Morgan fingerprint density at radius 1 is 1.17 bits per heavy atom. The molecular weight excluding hydrogens is 376 g/mol. The molecule has 2 N–H and O–H groups in total. The molecule has 2 amide bonds. The largest absolute Gasteiger partial charge is 0.351 e. The molecule has 160 valence electrons. The number of likely N-dealkylation sites (tertiary alicyclic amines) is 1. The zero-order chi connectivity index (χ0) is 21.6. The molecule has 7 heteroatoms. The standard InChI is InChI=1S/C22H31F2N3O2/c1-14(2)8-11-27-12-9-16(10-13-27)25-22(29)20(15(3)4)26-21(28)19-17(23)6-5-7-18(19)24/h5-8,15-16,20H,9-13H2,1-4H3,(H,25,29)(H,26,28)/t20-/m0/s1. The summed E-state index contributed by atoms with van der Waals surface area (Å²) in [4.78, 5) is 27.5. The van der Waals surface area contributed by atoms with Crippen molar-refractivity contribution < 1.29 is 18.4 Å². The van der Waals surface area contributed by atoms with E-state index in [1.165, 1.54) is 11.6 Å². The fourth-order valence-electron chi connectivity index (χ4n) is 3.33. The van der Waals surface area contributed by atoms with Gasteiger partial charge in [0.2, 0.25) is 5.91 Å². The highest BCUT2D eigenvalue weighted by atomic mass is 19.1. The van der Waals surface area contributed by atoms with Crippen molar-refractivity contribution in [1.82, 2.24) is 15.5 Å². The van der Waals surface area contributed by atoms with Gasteiger partial charge in [0.25, 0.3) is 5.91 Å². The molecule has 1 fully saturated rings. The van der Waals surface area contributed by atoms with E-state index in [-0.39, 0.29) is 17.9 Å². The normalized spacial score (nSPS) is 16.4. The number of hydrogen-bond donors (Lipinski definition) is 2. The highest BCUT2D eigenvalue weighted by Gasteiger charge is 2.29. The summed E-state index contributed by atoms with van der Waals surface area (Å²) in [5.74, 6) is -3.38. The number of amides is 2. The molecule has 1 saturated heterocycles. The predicted octanol–water partition coefficient (Wildman–Crippen LogP) is 3.27. The van der Waals surface area contributed by atoms with Crippen LogP contribution in [0.5, 0.6) is 0 Å². The molecule has 0 aliphatic carbocycles. The van der Waals surface area contributed by atoms with Gasteiger partial charge in [0.05, 0.1) is 0 Å². The second kappa shape index (κ2) is 10.5. The Morgan fingerprint density at radius 3 is 2.28 bits per heavy atom. The maximum Gasteiger partial charge on any atom is 0.257 e. The Bertz CT molecular complexity index is 732. The van der Waals surface area contributed by atoms with Crippen LogP contribution in [0.3, 0.4) is 0 Å². The lowest BCUT2D eigenvalue weighted by molar-refractivity contribution is -0.125. The van der Waals surface area contributed by atoms with Gasteiger partial charge in [-0.1, -0.05) is 31.6 Å². The molecule has 2 rings (SSSR count). The smallest absolute Gasteiger partial charge is 0.257 e. The molecule has 0 spiro atoms. The summed E-state index contributed by atoms with van der Waals surface area (Å²) in [6.45, 7) is 10.4. The Balaban J connectivity index is 1.95. The van der Waals surface area contributed by atoms with Gasteiger partial charge in [-0.05, 0) is 44.7 Å². The van der Waals surface area contributed by atoms with Gasteiger partial charge in [-0.2, -0.15) is 0 Å². The van der Waals surface area contributed by atoms with Crippen molar-refractivity contribution >= 4 is 11.8 Å². The molecule has 0 radical (unpaired) electrons. The first-order valence-electron chi connectivity index (χ1n) is 10.1. The Kier molecular flexibility index (Phi) is 8.32. The monoisotopic (exact) mass is 407 g/mol. The third-order valence-electron chi connectivity index (χ3n) is 5.12. The number of nitrogens with zero attached hydrogens (tertiary/aromatic N) is 1. The van der Waals surface area contributed by atoms with Crippen molar-refractivity contribution in [1.29, 1.82) is 0 Å². The minimum atomic E-state index is -0.950. The van der Waals surface area contributed by atoms with Crippen molar-refractivity contribution in [2.24, 2.45) is 5.92 Å². The van der Waals surface area contributed by atoms with Crippen molar-refractivity contribution in [3.8, 4) is 0 Å². The number of carbonyl (C=O) groups excluding carboxylic acids is 2. The van der Waals surface area contributed by atoms with Crippen LogP contribution < -0.4 is 10.6 Å². The van der Waals surface area contributed by atoms with E-state index in [0.29, 0.717) is 0 Å². The first-order chi connectivity index (χ1) is 13.7. The number of carbonyl (C=O) groups is 2. The molecule has 0 aromatic heterocycles. The average Bonchev–Trinajstić information content (AvgIpc) is 2.65. The van der Waals surface area contributed by atoms with Gasteiger partial charge >= 0.3 is 0 Å². The fourth-order valence-corrected chi connectivity index (χ4v) is 3.33. The molecule has 1 atom stereocenters. The van der Waals surface area contributed by atoms with Crippen LogP contribution in [-0.4, -0.2) is 48.4 Å². The predicted molar refractivity (Wildman–Crippen MR) is 109 cm³/mol. The number of rotatable bonds is 7. The van der Waals surface area contributed by atoms with Gasteiger partial charge in [-0.25, -0.2) is 8.78 Å². The molecule has 1 heterocycles. The van der Waals surface area contributed by atoms with Crippen LogP contribution in [0.1, 0.15) is 50.9 Å². The third kappa shape index (κ3) is 6.63. The second-order valence-corrected chi connectivity index (χ2v) is 8.16. The number of piperidine rings is 1. The Labute approximate surface area is 171 Å². The van der Waals surface area contributed by atoms with Gasteiger partial charge in [-0.3, -0.25) is 14.5 Å². The van der Waals surface area contributed by atoms with Crippen LogP contribution in [0, 0.1) is 17.6 Å². The van der Waals surface area contributed by atoms with E-state index >= 15 is 0 Å². The van der Waals surface area contributed by atoms with Gasteiger partial charge in [0.15, 0.2) is 0 Å². The van der Waals surface area contributed by atoms with Gasteiger partial charge in [0, 0.05) is 25.7 Å². The maximum atomic E-state index is 13.9. The molecule has 29 heavy (non-hydrogen) atoms. The third-order valence-corrected chi connectivity index (χ3v) is 5.12. The van der Waals surface area contributed by atoms with Gasteiger partial charge in [-0.15, -0.1) is 0 Å². The van der Waals surface area contributed by atoms with Crippen molar-refractivity contribution in [3.05, 3.63) is 47.0 Å². The van der Waals surface area contributed by atoms with Crippen molar-refractivity contribution in [2.45, 2.75) is 52.6 Å². The molecule has 1 aromatic rings. The molecule has 1 aliphatic rings. The highest BCUT2D eigenvalue weighted by Crippen LogP contribution is 2.15. The molecule has 0 unspecified atom stereocenters. The average molecular weight is 408 g/mol. The molecular formula is C22H31F2N3O2. The summed E-state index contributed by atoms with van der Waals surface area (Å²) in [7, 11) is 0. The Hall–Kier alpha value is -2.28. The highest BCUT2D eigenvalue weighted by molar-refractivity contribution is 5.98. The van der Waals surface area contributed by atoms with Crippen LogP contribution >= 0.6 is 0 Å². The SMILES string of the molecule is CC(C)=CCN1CCC(NC(=O)[C@@H](NC(=O)c2c(F)cccc2F)C(C)C)CC1. The Morgan fingerprint density at radius 2 is 1.76 bits per heavy atom. The van der Waals surface area contributed by atoms with E-state index in [0.717, 1.165) is 44.6 Å². The quantitative estimate of drug-likeness (QED) is 0.682. The van der Waals surface area contributed by atoms with Gasteiger partial charge in [0.1, 0.15) is 23.2 Å². The van der Waals surface area contributed by atoms with Crippen LogP contribution in [0.25, 0.3) is 0 Å². The summed E-state index contributed by atoms with van der Waals surface area (Å²) >= 11 is 0. The first-order valence-corrected chi connectivity index (χ1v) is 10.1. The lowest BCUT2D eigenvalue weighted by atomic mass is 10.00. The van der Waals surface area contributed by atoms with E-state index in [4.69, 9.17) is 0 Å². The second-order valence-electron chi connectivity index (χ2n) is 8.16. The number of halogens is 2. The lowest BCUT2D eigenvalue weighted by Gasteiger charge is -2.33. The number of benzene rings is 1. The lowest BCUT2D eigenvalue weighted by Crippen LogP contribution is -2.54. The van der Waals surface area contributed by atoms with Crippen molar-refractivity contribution in [2.75, 3.05) is 19.6 Å². The van der Waals surface area contributed by atoms with E-state index in [9.17, 15) is 18.4 Å². The van der Waals surface area contributed by atoms with E-state index in [2.05, 4.69) is 35.5 Å². The topological polar surface area (TPSA) is 61.4 Å². The summed E-state index contributed by atoms with van der Waals surface area (Å²) in [5.41, 5.74) is 0.612. The minimum Gasteiger partial charge on any atom is -0.351 e. The van der Waals surface area contributed by atoms with Gasteiger partial charge < -0.3 is 10.6 Å². The zero-order valence-corrected chi connectivity index (χ0v) is 17.6. The molecule has 1 aromatic carbocycles. The zero-order valence-electron chi connectivity index (χ0n) is 17.6. The molecule has 0 bridgehead atoms. The van der Waals surface area contributed by atoms with Crippen LogP contribution in [0.4, 0.5) is 8.78 Å². The van der Waals surface area contributed by atoms with Crippen LogP contribution in [0.15, 0.2) is 29.8 Å². The number of nitrogens with one attached hydrogen (secondary N) is 2. The van der Waals surface area contributed by atoms with Crippen LogP contribution in [0.2, 0.25) is 0 Å². The van der Waals surface area contributed by atoms with E-state index < -0.39 is 29.1 Å². The minimum absolute atomic E-state index is 0.0220. The molecule has 0 saturated carbocycles. The number of hydrogen-bond acceptors (Lipinski definition) is 3. The first kappa shape index (κ1) is 23.0. The number of allylic oxidation sites excluding steroid dienone is 1. The summed E-state index contributed by atoms with van der Waals surface area (Å²) < 4.78 is 27.7. The summed E-state index contributed by atoms with van der Waals surface area (Å²) in [6.07, 6.45) is 3.83.